The molecule has 3 rings (SSSR count). The summed E-state index contributed by atoms with van der Waals surface area (Å²) in [6, 6.07) is 10.9. The quantitative estimate of drug-likeness (QED) is 0.528. The number of nitrogens with one attached hydrogen (secondary N) is 2. The van der Waals surface area contributed by atoms with Gasteiger partial charge in [0.15, 0.2) is 0 Å². The molecular formula is C19H21N3O5S2. The van der Waals surface area contributed by atoms with Gasteiger partial charge in [-0.15, -0.1) is 0 Å². The van der Waals surface area contributed by atoms with Crippen molar-refractivity contribution >= 4 is 43.2 Å². The van der Waals surface area contributed by atoms with E-state index in [1.165, 1.54) is 31.4 Å². The van der Waals surface area contributed by atoms with Crippen LogP contribution >= 0.6 is 11.3 Å². The number of amides is 1. The summed E-state index contributed by atoms with van der Waals surface area (Å²) in [4.78, 5) is 24.3. The zero-order valence-corrected chi connectivity index (χ0v) is 17.6. The Morgan fingerprint density at radius 2 is 1.97 bits per heavy atom. The monoisotopic (exact) mass is 435 g/mol. The molecule has 8 nitrogen and oxygen atoms in total. The Balaban J connectivity index is 1.91. The van der Waals surface area contributed by atoms with Crippen LogP contribution in [0.4, 0.5) is 5.69 Å². The van der Waals surface area contributed by atoms with Crippen LogP contribution in [0, 0.1) is 0 Å². The molecule has 0 saturated heterocycles. The first-order chi connectivity index (χ1) is 13.9. The molecule has 1 heterocycles. The lowest BCUT2D eigenvalue weighted by Crippen LogP contribution is -2.28. The number of aromatic nitrogens is 1. The van der Waals surface area contributed by atoms with Gasteiger partial charge in [0.1, 0.15) is 0 Å². The number of nitrogens with zero attached hydrogens (tertiary/aromatic N) is 1. The maximum atomic E-state index is 12.9. The molecule has 0 spiro atoms. The van der Waals surface area contributed by atoms with Gasteiger partial charge in [0.2, 0.25) is 0 Å². The Hall–Kier alpha value is -2.69. The third-order valence-corrected chi connectivity index (χ3v) is 6.58. The van der Waals surface area contributed by atoms with Crippen molar-refractivity contribution in [3.05, 3.63) is 57.7 Å². The number of benzene rings is 2. The van der Waals surface area contributed by atoms with Crippen LogP contribution in [0.3, 0.4) is 0 Å². The maximum Gasteiger partial charge on any atom is 0.308 e. The van der Waals surface area contributed by atoms with Gasteiger partial charge in [-0.3, -0.25) is 18.9 Å². The summed E-state index contributed by atoms with van der Waals surface area (Å²) in [5.41, 5.74) is 1.07. The number of anilines is 1. The van der Waals surface area contributed by atoms with Crippen molar-refractivity contribution < 1.29 is 17.9 Å². The third kappa shape index (κ3) is 4.50. The van der Waals surface area contributed by atoms with E-state index in [0.717, 1.165) is 11.3 Å². The summed E-state index contributed by atoms with van der Waals surface area (Å²) in [6.07, 6.45) is 0. The molecule has 3 aromatic rings. The zero-order valence-electron chi connectivity index (χ0n) is 16.0. The van der Waals surface area contributed by atoms with Crippen molar-refractivity contribution in [1.82, 2.24) is 9.88 Å². The normalized spacial score (nSPS) is 11.5. The van der Waals surface area contributed by atoms with E-state index in [2.05, 4.69) is 10.0 Å². The van der Waals surface area contributed by atoms with Crippen LogP contribution in [0.1, 0.15) is 17.3 Å². The molecule has 0 aliphatic heterocycles. The molecule has 1 amide bonds. The Morgan fingerprint density at radius 1 is 1.21 bits per heavy atom. The number of carbonyl (C=O) groups excluding carboxylic acids is 1. The van der Waals surface area contributed by atoms with Gasteiger partial charge in [-0.25, -0.2) is 8.42 Å². The van der Waals surface area contributed by atoms with Gasteiger partial charge < -0.3 is 10.1 Å². The largest absolute Gasteiger partial charge is 0.383 e. The Labute approximate surface area is 172 Å². The standard InChI is InChI=1S/C19H21N3O5S2/c1-3-22-16-9-8-13(12-17(16)28-19(22)24)29(25,26)21-15-7-5-4-6-14(15)18(23)20-10-11-27-2/h4-9,12,21H,3,10-11H2,1-2H3,(H,20,23). The average molecular weight is 436 g/mol. The van der Waals surface area contributed by atoms with E-state index in [-0.39, 0.29) is 21.0 Å². The number of sulfonamides is 1. The highest BCUT2D eigenvalue weighted by atomic mass is 32.2. The second-order valence-electron chi connectivity index (χ2n) is 6.14. The topological polar surface area (TPSA) is 107 Å². The number of hydrogen-bond donors (Lipinski definition) is 2. The predicted molar refractivity (Wildman–Crippen MR) is 113 cm³/mol. The van der Waals surface area contributed by atoms with Crippen LogP contribution in [0.2, 0.25) is 0 Å². The van der Waals surface area contributed by atoms with Crippen LogP contribution in [0.15, 0.2) is 52.2 Å². The molecule has 0 bridgehead atoms. The highest BCUT2D eigenvalue weighted by molar-refractivity contribution is 7.92. The van der Waals surface area contributed by atoms with Crippen LogP contribution in [-0.4, -0.2) is 39.2 Å². The summed E-state index contributed by atoms with van der Waals surface area (Å²) < 4.78 is 35.3. The van der Waals surface area contributed by atoms with Gasteiger partial charge >= 0.3 is 4.87 Å². The fraction of sp³-hybridized carbons (Fsp3) is 0.263. The smallest absolute Gasteiger partial charge is 0.308 e. The van der Waals surface area contributed by atoms with E-state index in [9.17, 15) is 18.0 Å². The molecular weight excluding hydrogens is 414 g/mol. The minimum absolute atomic E-state index is 0.0177. The van der Waals surface area contributed by atoms with Crippen LogP contribution < -0.4 is 14.9 Å². The van der Waals surface area contributed by atoms with Crippen LogP contribution in [-0.2, 0) is 21.3 Å². The second-order valence-corrected chi connectivity index (χ2v) is 8.82. The number of fused-ring (bicyclic) bond motifs is 1. The summed E-state index contributed by atoms with van der Waals surface area (Å²) in [5, 5.41) is 2.67. The summed E-state index contributed by atoms with van der Waals surface area (Å²) >= 11 is 0.998. The highest BCUT2D eigenvalue weighted by Gasteiger charge is 2.20. The lowest BCUT2D eigenvalue weighted by atomic mass is 10.2. The first-order valence-corrected chi connectivity index (χ1v) is 11.2. The third-order valence-electron chi connectivity index (χ3n) is 4.27. The van der Waals surface area contributed by atoms with E-state index in [1.54, 1.807) is 22.8 Å². The van der Waals surface area contributed by atoms with E-state index in [4.69, 9.17) is 4.74 Å². The average Bonchev–Trinajstić information content (AvgIpc) is 3.02. The molecule has 29 heavy (non-hydrogen) atoms. The molecule has 1 aromatic heterocycles. The fourth-order valence-corrected chi connectivity index (χ4v) is 5.02. The second kappa shape index (κ2) is 8.76. The number of aryl methyl sites for hydroxylation is 1. The van der Waals surface area contributed by atoms with E-state index in [0.29, 0.717) is 29.9 Å². The first-order valence-electron chi connectivity index (χ1n) is 8.89. The first kappa shape index (κ1) is 21.0. The molecule has 0 aliphatic rings. The summed E-state index contributed by atoms with van der Waals surface area (Å²) in [6.45, 7) is 3.02. The van der Waals surface area contributed by atoms with Crippen LogP contribution in [0.5, 0.6) is 0 Å². The van der Waals surface area contributed by atoms with Gasteiger partial charge in [-0.2, -0.15) is 0 Å². The van der Waals surface area contributed by atoms with E-state index < -0.39 is 15.9 Å². The lowest BCUT2D eigenvalue weighted by molar-refractivity contribution is 0.0938. The molecule has 10 heteroatoms. The molecule has 2 N–H and O–H groups in total. The van der Waals surface area contributed by atoms with Gasteiger partial charge in [0.05, 0.1) is 33.0 Å². The van der Waals surface area contributed by atoms with Gasteiger partial charge in [0.25, 0.3) is 15.9 Å². The number of hydrogen-bond acceptors (Lipinski definition) is 6. The van der Waals surface area contributed by atoms with E-state index in [1.807, 2.05) is 6.92 Å². The van der Waals surface area contributed by atoms with Crippen LogP contribution in [0.25, 0.3) is 10.2 Å². The Morgan fingerprint density at radius 3 is 2.69 bits per heavy atom. The minimum atomic E-state index is -3.96. The minimum Gasteiger partial charge on any atom is -0.383 e. The van der Waals surface area contributed by atoms with Crippen molar-refractivity contribution in [2.24, 2.45) is 0 Å². The fourth-order valence-electron chi connectivity index (χ4n) is 2.85. The highest BCUT2D eigenvalue weighted by Crippen LogP contribution is 2.25. The molecule has 0 radical (unpaired) electrons. The number of methoxy groups -OCH3 is 1. The molecule has 0 atom stereocenters. The van der Waals surface area contributed by atoms with Crippen molar-refractivity contribution in [2.45, 2.75) is 18.4 Å². The van der Waals surface area contributed by atoms with Gasteiger partial charge in [-0.1, -0.05) is 23.5 Å². The number of carbonyl (C=O) groups is 1. The van der Waals surface area contributed by atoms with E-state index >= 15 is 0 Å². The predicted octanol–water partition coefficient (Wildman–Crippen LogP) is 2.26. The van der Waals surface area contributed by atoms with Crippen molar-refractivity contribution in [3.63, 3.8) is 0 Å². The Bertz CT molecular complexity index is 1200. The Kier molecular flexibility index (Phi) is 6.36. The maximum absolute atomic E-state index is 12.9. The van der Waals surface area contributed by atoms with Gasteiger partial charge in [0, 0.05) is 20.2 Å². The molecule has 2 aromatic carbocycles. The molecule has 0 unspecified atom stereocenters. The van der Waals surface area contributed by atoms with Gasteiger partial charge in [-0.05, 0) is 37.3 Å². The molecule has 0 aliphatic carbocycles. The van der Waals surface area contributed by atoms with Crippen molar-refractivity contribution in [3.8, 4) is 0 Å². The molecule has 0 fully saturated rings. The molecule has 154 valence electrons. The number of ether oxygens (including phenoxy) is 1. The number of para-hydroxylation sites is 1. The zero-order chi connectivity index (χ0) is 21.0. The number of rotatable bonds is 8. The van der Waals surface area contributed by atoms with Crippen molar-refractivity contribution in [2.75, 3.05) is 25.0 Å². The van der Waals surface area contributed by atoms with Crippen molar-refractivity contribution in [1.29, 1.82) is 0 Å². The summed E-state index contributed by atoms with van der Waals surface area (Å²) in [7, 11) is -2.43. The summed E-state index contributed by atoms with van der Waals surface area (Å²) in [5.74, 6) is -0.408. The SMILES string of the molecule is CCn1c(=O)sc2cc(S(=O)(=O)Nc3ccccc3C(=O)NCCOC)ccc21. The molecule has 0 saturated carbocycles. The number of thiazole rings is 1. The lowest BCUT2D eigenvalue weighted by Gasteiger charge is -2.13.